The lowest BCUT2D eigenvalue weighted by Crippen LogP contribution is -2.39. The van der Waals surface area contributed by atoms with Crippen LogP contribution in [0.5, 0.6) is 11.5 Å². The van der Waals surface area contributed by atoms with E-state index in [1.807, 2.05) is 17.4 Å². The van der Waals surface area contributed by atoms with Crippen LogP contribution < -0.4 is 14.8 Å². The summed E-state index contributed by atoms with van der Waals surface area (Å²) in [5.41, 5.74) is 1.44. The van der Waals surface area contributed by atoms with Gasteiger partial charge in [-0.15, -0.1) is 11.3 Å². The van der Waals surface area contributed by atoms with Gasteiger partial charge in [-0.05, 0) is 61.9 Å². The number of benzene rings is 1. The molecule has 1 aliphatic carbocycles. The summed E-state index contributed by atoms with van der Waals surface area (Å²) >= 11 is 1.83. The largest absolute Gasteiger partial charge is 0.454 e. The van der Waals surface area contributed by atoms with Gasteiger partial charge in [0.05, 0.1) is 11.6 Å². The van der Waals surface area contributed by atoms with Crippen LogP contribution in [0, 0.1) is 5.41 Å². The van der Waals surface area contributed by atoms with Crippen molar-refractivity contribution in [3.63, 3.8) is 0 Å². The Hall–Kier alpha value is -1.79. The van der Waals surface area contributed by atoms with Crippen molar-refractivity contribution in [2.45, 2.75) is 64.5 Å². The first-order chi connectivity index (χ1) is 13.9. The number of piperidine rings is 1. The molecule has 3 aliphatic rings. The molecule has 6 heteroatoms. The molecule has 1 saturated carbocycles. The molecule has 1 aromatic carbocycles. The average molecular weight is 414 g/mol. The number of fused-ring (bicyclic) bond motifs is 1. The molecule has 1 atom stereocenters. The number of nitrogens with one attached hydrogen (secondary N) is 1. The standard InChI is InChI=1S/C23H31N3O2S/c1-22(2,3)20(26-11-5-4-6-12-26)19-14-24-21(29-19)25-23(9-10-23)16-7-8-17-18(13-16)28-15-27-17/h7-8,13-14,20H,4-6,9-12,15H2,1-3H3,(H,24,25). The van der Waals surface area contributed by atoms with Crippen molar-refractivity contribution < 1.29 is 9.47 Å². The maximum atomic E-state index is 5.58. The highest BCUT2D eigenvalue weighted by molar-refractivity contribution is 7.15. The van der Waals surface area contributed by atoms with Crippen molar-refractivity contribution in [2.24, 2.45) is 5.41 Å². The van der Waals surface area contributed by atoms with E-state index in [4.69, 9.17) is 14.5 Å². The SMILES string of the molecule is CC(C)(C)C(c1cnc(NC2(c3ccc4c(c3)OCO4)CC2)s1)N1CCCCC1. The van der Waals surface area contributed by atoms with E-state index in [2.05, 4.69) is 49.3 Å². The van der Waals surface area contributed by atoms with E-state index in [1.54, 1.807) is 0 Å². The van der Waals surface area contributed by atoms with Crippen LogP contribution in [0.4, 0.5) is 5.13 Å². The van der Waals surface area contributed by atoms with E-state index < -0.39 is 0 Å². The number of thiazole rings is 1. The molecule has 29 heavy (non-hydrogen) atoms. The second-order valence-corrected chi connectivity index (χ2v) is 10.8. The number of anilines is 1. The second-order valence-electron chi connectivity index (χ2n) is 9.71. The van der Waals surface area contributed by atoms with Crippen molar-refractivity contribution >= 4 is 16.5 Å². The van der Waals surface area contributed by atoms with Crippen LogP contribution in [0.3, 0.4) is 0 Å². The average Bonchev–Trinajstić information content (AvgIpc) is 3.10. The number of hydrogen-bond acceptors (Lipinski definition) is 6. The quantitative estimate of drug-likeness (QED) is 0.697. The second kappa shape index (κ2) is 7.17. The zero-order valence-corrected chi connectivity index (χ0v) is 18.5. The third-order valence-electron chi connectivity index (χ3n) is 6.39. The topological polar surface area (TPSA) is 46.6 Å². The van der Waals surface area contributed by atoms with Crippen molar-refractivity contribution in [2.75, 3.05) is 25.2 Å². The molecule has 5 rings (SSSR count). The van der Waals surface area contributed by atoms with Gasteiger partial charge in [-0.3, -0.25) is 4.90 Å². The summed E-state index contributed by atoms with van der Waals surface area (Å²) in [4.78, 5) is 8.84. The van der Waals surface area contributed by atoms with Gasteiger partial charge < -0.3 is 14.8 Å². The summed E-state index contributed by atoms with van der Waals surface area (Å²) in [6, 6.07) is 6.74. The fourth-order valence-electron chi connectivity index (χ4n) is 4.81. The molecule has 0 amide bonds. The van der Waals surface area contributed by atoms with E-state index in [1.165, 1.54) is 42.8 Å². The van der Waals surface area contributed by atoms with Gasteiger partial charge in [-0.1, -0.05) is 33.3 Å². The Morgan fingerprint density at radius 2 is 1.86 bits per heavy atom. The zero-order chi connectivity index (χ0) is 20.1. The predicted molar refractivity (Wildman–Crippen MR) is 117 cm³/mol. The van der Waals surface area contributed by atoms with Crippen LogP contribution >= 0.6 is 11.3 Å². The third kappa shape index (κ3) is 3.73. The molecular formula is C23H31N3O2S. The molecule has 0 spiro atoms. The molecule has 0 bridgehead atoms. The molecule has 5 nitrogen and oxygen atoms in total. The number of rotatable bonds is 5. The molecule has 1 aromatic heterocycles. The normalized spacial score (nSPS) is 21.8. The van der Waals surface area contributed by atoms with E-state index in [0.29, 0.717) is 12.8 Å². The summed E-state index contributed by atoms with van der Waals surface area (Å²) < 4.78 is 11.1. The van der Waals surface area contributed by atoms with Crippen LogP contribution in [-0.4, -0.2) is 29.8 Å². The van der Waals surface area contributed by atoms with Crippen molar-refractivity contribution in [3.05, 3.63) is 34.8 Å². The predicted octanol–water partition coefficient (Wildman–Crippen LogP) is 5.55. The molecule has 2 aromatic rings. The molecule has 1 saturated heterocycles. The third-order valence-corrected chi connectivity index (χ3v) is 7.36. The Bertz CT molecular complexity index is 878. The number of aromatic nitrogens is 1. The fraction of sp³-hybridized carbons (Fsp3) is 0.609. The number of ether oxygens (including phenoxy) is 2. The van der Waals surface area contributed by atoms with Gasteiger partial charge in [0.15, 0.2) is 16.6 Å². The highest BCUT2D eigenvalue weighted by Gasteiger charge is 2.46. The molecule has 2 aliphatic heterocycles. The van der Waals surface area contributed by atoms with E-state index in [-0.39, 0.29) is 11.0 Å². The van der Waals surface area contributed by atoms with E-state index in [0.717, 1.165) is 29.5 Å². The molecule has 1 N–H and O–H groups in total. The molecule has 3 heterocycles. The van der Waals surface area contributed by atoms with Gasteiger partial charge in [0.25, 0.3) is 0 Å². The molecule has 0 radical (unpaired) electrons. The molecule has 2 fully saturated rings. The minimum atomic E-state index is -0.0154. The van der Waals surface area contributed by atoms with Crippen molar-refractivity contribution in [3.8, 4) is 11.5 Å². The fourth-order valence-corrected chi connectivity index (χ4v) is 6.11. The Labute approximate surface area is 177 Å². The highest BCUT2D eigenvalue weighted by Crippen LogP contribution is 2.51. The van der Waals surface area contributed by atoms with E-state index >= 15 is 0 Å². The van der Waals surface area contributed by atoms with Crippen LogP contribution in [0.1, 0.15) is 69.4 Å². The first-order valence-corrected chi connectivity index (χ1v) is 11.6. The minimum absolute atomic E-state index is 0.0154. The van der Waals surface area contributed by atoms with Crippen LogP contribution in [0.15, 0.2) is 24.4 Å². The van der Waals surface area contributed by atoms with E-state index in [9.17, 15) is 0 Å². The molecule has 1 unspecified atom stereocenters. The van der Waals surface area contributed by atoms with Crippen LogP contribution in [0.2, 0.25) is 0 Å². The summed E-state index contributed by atoms with van der Waals surface area (Å²) in [6.45, 7) is 9.78. The van der Waals surface area contributed by atoms with Crippen molar-refractivity contribution in [1.29, 1.82) is 0 Å². The number of hydrogen-bond donors (Lipinski definition) is 1. The molecular weight excluding hydrogens is 382 g/mol. The maximum Gasteiger partial charge on any atom is 0.231 e. The number of nitrogens with zero attached hydrogens (tertiary/aromatic N) is 2. The first kappa shape index (κ1) is 19.2. The Kier molecular flexibility index (Phi) is 4.74. The van der Waals surface area contributed by atoms with Gasteiger partial charge in [0.1, 0.15) is 0 Å². The lowest BCUT2D eigenvalue weighted by atomic mass is 9.84. The Morgan fingerprint density at radius 1 is 1.10 bits per heavy atom. The monoisotopic (exact) mass is 413 g/mol. The summed E-state index contributed by atoms with van der Waals surface area (Å²) in [6.07, 6.45) is 8.33. The summed E-state index contributed by atoms with van der Waals surface area (Å²) in [5, 5.41) is 4.79. The Morgan fingerprint density at radius 3 is 2.59 bits per heavy atom. The summed E-state index contributed by atoms with van der Waals surface area (Å²) in [7, 11) is 0. The van der Waals surface area contributed by atoms with Crippen molar-refractivity contribution in [1.82, 2.24) is 9.88 Å². The highest BCUT2D eigenvalue weighted by atomic mass is 32.1. The zero-order valence-electron chi connectivity index (χ0n) is 17.7. The van der Waals surface area contributed by atoms with Gasteiger partial charge in [0, 0.05) is 11.1 Å². The minimum Gasteiger partial charge on any atom is -0.454 e. The molecule has 156 valence electrons. The smallest absolute Gasteiger partial charge is 0.231 e. The lowest BCUT2D eigenvalue weighted by molar-refractivity contribution is 0.0821. The van der Waals surface area contributed by atoms with Gasteiger partial charge in [-0.25, -0.2) is 4.98 Å². The number of likely N-dealkylation sites (tertiary alicyclic amines) is 1. The van der Waals surface area contributed by atoms with Crippen LogP contribution in [0.25, 0.3) is 0 Å². The van der Waals surface area contributed by atoms with Gasteiger partial charge >= 0.3 is 0 Å². The van der Waals surface area contributed by atoms with Gasteiger partial charge in [0.2, 0.25) is 6.79 Å². The summed E-state index contributed by atoms with van der Waals surface area (Å²) in [5.74, 6) is 1.70. The lowest BCUT2D eigenvalue weighted by Gasteiger charge is -2.41. The van der Waals surface area contributed by atoms with Crippen LogP contribution in [-0.2, 0) is 5.54 Å². The first-order valence-electron chi connectivity index (χ1n) is 10.8. The van der Waals surface area contributed by atoms with Gasteiger partial charge in [-0.2, -0.15) is 0 Å². The Balaban J connectivity index is 1.37. The maximum absolute atomic E-state index is 5.58.